The van der Waals surface area contributed by atoms with E-state index in [1.165, 1.54) is 0 Å². The lowest BCUT2D eigenvalue weighted by atomic mass is 9.95. The van der Waals surface area contributed by atoms with Gasteiger partial charge in [0.15, 0.2) is 0 Å². The molecule has 2 rings (SSSR count). The van der Waals surface area contributed by atoms with E-state index < -0.39 is 0 Å². The summed E-state index contributed by atoms with van der Waals surface area (Å²) >= 11 is 0. The number of likely N-dealkylation sites (tertiary alicyclic amines) is 1. The zero-order valence-electron chi connectivity index (χ0n) is 17.0. The first-order valence-corrected chi connectivity index (χ1v) is 9.59. The Bertz CT molecular complexity index is 612. The van der Waals surface area contributed by atoms with Gasteiger partial charge in [0.2, 0.25) is 5.91 Å². The Morgan fingerprint density at radius 1 is 1.04 bits per heavy atom. The summed E-state index contributed by atoms with van der Waals surface area (Å²) in [7, 11) is 3.12. The molecule has 1 aliphatic heterocycles. The second-order valence-corrected chi connectivity index (χ2v) is 6.71. The average molecular weight is 414 g/mol. The predicted molar refractivity (Wildman–Crippen MR) is 112 cm³/mol. The molecule has 2 amide bonds. The topological polar surface area (TPSA) is 79.9 Å². The first-order valence-electron chi connectivity index (χ1n) is 9.59. The molecule has 1 heterocycles. The molecule has 1 fully saturated rings. The number of nitrogens with one attached hydrogen (secondary N) is 2. The lowest BCUT2D eigenvalue weighted by Crippen LogP contribution is -2.44. The molecule has 8 heteroatoms. The highest BCUT2D eigenvalue weighted by Gasteiger charge is 2.28. The number of hydrogen-bond donors (Lipinski definition) is 2. The monoisotopic (exact) mass is 413 g/mol. The Morgan fingerprint density at radius 3 is 2.18 bits per heavy atom. The number of hydrogen-bond acceptors (Lipinski definition) is 5. The number of nitrogens with zero attached hydrogens (tertiary/aromatic N) is 1. The van der Waals surface area contributed by atoms with Crippen LogP contribution in [-0.2, 0) is 4.79 Å². The fourth-order valence-electron chi connectivity index (χ4n) is 3.18. The van der Waals surface area contributed by atoms with Crippen LogP contribution >= 0.6 is 12.4 Å². The highest BCUT2D eigenvalue weighted by atomic mass is 35.5. The molecule has 0 unspecified atom stereocenters. The van der Waals surface area contributed by atoms with E-state index in [0.717, 1.165) is 19.5 Å². The Balaban J connectivity index is 0.00000392. The molecule has 0 atom stereocenters. The Kier molecular flexibility index (Phi) is 10.7. The van der Waals surface area contributed by atoms with Crippen molar-refractivity contribution in [1.82, 2.24) is 15.5 Å². The Morgan fingerprint density at radius 2 is 1.64 bits per heavy atom. The highest BCUT2D eigenvalue weighted by Crippen LogP contribution is 2.25. The Labute approximate surface area is 173 Å². The number of benzene rings is 1. The first kappa shape index (κ1) is 24.0. The fourth-order valence-corrected chi connectivity index (χ4v) is 3.18. The van der Waals surface area contributed by atoms with E-state index >= 15 is 0 Å². The largest absolute Gasteiger partial charge is 0.497 e. The van der Waals surface area contributed by atoms with Crippen molar-refractivity contribution in [2.24, 2.45) is 5.92 Å². The van der Waals surface area contributed by atoms with Gasteiger partial charge in [-0.25, -0.2) is 0 Å². The molecular weight excluding hydrogens is 382 g/mol. The molecule has 0 bridgehead atoms. The molecule has 1 aromatic carbocycles. The van der Waals surface area contributed by atoms with Crippen molar-refractivity contribution in [1.29, 1.82) is 0 Å². The second-order valence-electron chi connectivity index (χ2n) is 6.71. The van der Waals surface area contributed by atoms with E-state index in [9.17, 15) is 9.59 Å². The van der Waals surface area contributed by atoms with Crippen molar-refractivity contribution >= 4 is 24.2 Å². The van der Waals surface area contributed by atoms with Crippen molar-refractivity contribution in [3.8, 4) is 11.5 Å². The molecular formula is C20H32ClN3O4. The Hall–Kier alpha value is -1.99. The van der Waals surface area contributed by atoms with Crippen LogP contribution in [0.25, 0.3) is 0 Å². The van der Waals surface area contributed by atoms with Gasteiger partial charge in [0.05, 0.1) is 14.2 Å². The molecule has 158 valence electrons. The van der Waals surface area contributed by atoms with Crippen LogP contribution in [0.1, 0.15) is 36.5 Å². The number of methoxy groups -OCH3 is 2. The third-order valence-corrected chi connectivity index (χ3v) is 4.78. The summed E-state index contributed by atoms with van der Waals surface area (Å²) < 4.78 is 10.5. The van der Waals surface area contributed by atoms with E-state index in [-0.39, 0.29) is 30.1 Å². The molecule has 28 heavy (non-hydrogen) atoms. The molecule has 1 aliphatic rings. The van der Waals surface area contributed by atoms with Gasteiger partial charge in [-0.1, -0.05) is 6.92 Å². The first-order chi connectivity index (χ1) is 13.1. The average Bonchev–Trinajstić information content (AvgIpc) is 2.72. The smallest absolute Gasteiger partial charge is 0.254 e. The number of piperidine rings is 1. The third kappa shape index (κ3) is 6.87. The lowest BCUT2D eigenvalue weighted by Gasteiger charge is -2.31. The fraction of sp³-hybridized carbons (Fsp3) is 0.600. The predicted octanol–water partition coefficient (Wildman–Crippen LogP) is 2.09. The number of carbonyl (C=O) groups is 2. The molecule has 0 spiro atoms. The second kappa shape index (κ2) is 12.5. The minimum absolute atomic E-state index is 0. The van der Waals surface area contributed by atoms with Gasteiger partial charge < -0.3 is 25.0 Å². The van der Waals surface area contributed by atoms with Gasteiger partial charge in [-0.3, -0.25) is 9.59 Å². The number of carbonyl (C=O) groups excluding carboxylic acids is 2. The van der Waals surface area contributed by atoms with Crippen molar-refractivity contribution in [2.45, 2.75) is 26.2 Å². The summed E-state index contributed by atoms with van der Waals surface area (Å²) in [6.45, 7) is 5.65. The maximum atomic E-state index is 12.8. The van der Waals surface area contributed by atoms with E-state index in [1.807, 2.05) is 0 Å². The van der Waals surface area contributed by atoms with Gasteiger partial charge in [0.25, 0.3) is 5.91 Å². The van der Waals surface area contributed by atoms with Gasteiger partial charge >= 0.3 is 0 Å². The zero-order chi connectivity index (χ0) is 19.6. The summed E-state index contributed by atoms with van der Waals surface area (Å²) in [5, 5.41) is 6.24. The van der Waals surface area contributed by atoms with Crippen molar-refractivity contribution < 1.29 is 19.1 Å². The summed E-state index contributed by atoms with van der Waals surface area (Å²) in [6, 6.07) is 5.17. The molecule has 0 saturated carbocycles. The maximum Gasteiger partial charge on any atom is 0.254 e. The van der Waals surface area contributed by atoms with Crippen LogP contribution in [0.3, 0.4) is 0 Å². The summed E-state index contributed by atoms with van der Waals surface area (Å²) in [5.41, 5.74) is 0.538. The van der Waals surface area contributed by atoms with Crippen LogP contribution in [0.15, 0.2) is 18.2 Å². The number of rotatable bonds is 9. The van der Waals surface area contributed by atoms with E-state index in [1.54, 1.807) is 37.3 Å². The van der Waals surface area contributed by atoms with E-state index in [4.69, 9.17) is 9.47 Å². The maximum absolute atomic E-state index is 12.8. The van der Waals surface area contributed by atoms with Crippen LogP contribution in [0.5, 0.6) is 11.5 Å². The van der Waals surface area contributed by atoms with Gasteiger partial charge in [0.1, 0.15) is 11.5 Å². The summed E-state index contributed by atoms with van der Waals surface area (Å²) in [6.07, 6.45) is 2.45. The summed E-state index contributed by atoms with van der Waals surface area (Å²) in [5.74, 6) is 1.17. The lowest BCUT2D eigenvalue weighted by molar-refractivity contribution is -0.126. The van der Waals surface area contributed by atoms with Crippen LogP contribution in [0.4, 0.5) is 0 Å². The van der Waals surface area contributed by atoms with Gasteiger partial charge in [-0.2, -0.15) is 0 Å². The number of ether oxygens (including phenoxy) is 2. The molecule has 0 aliphatic carbocycles. The SMILES string of the molecule is CCCNCCNC(=O)C1CCN(C(=O)c2cc(OC)cc(OC)c2)CC1.Cl. The van der Waals surface area contributed by atoms with Crippen LogP contribution < -0.4 is 20.1 Å². The van der Waals surface area contributed by atoms with Crippen molar-refractivity contribution in [3.05, 3.63) is 23.8 Å². The standard InChI is InChI=1S/C20H31N3O4.ClH/c1-4-7-21-8-9-22-19(24)15-5-10-23(11-6-15)20(25)16-12-17(26-2)14-18(13-16)27-3;/h12-15,21H,4-11H2,1-3H3,(H,22,24);1H. The van der Waals surface area contributed by atoms with Gasteiger partial charge in [0, 0.05) is 43.7 Å². The molecule has 0 radical (unpaired) electrons. The van der Waals surface area contributed by atoms with E-state index in [2.05, 4.69) is 17.6 Å². The number of amides is 2. The molecule has 1 saturated heterocycles. The highest BCUT2D eigenvalue weighted by molar-refractivity contribution is 5.95. The summed E-state index contributed by atoms with van der Waals surface area (Å²) in [4.78, 5) is 26.9. The van der Waals surface area contributed by atoms with Crippen LogP contribution in [0, 0.1) is 5.92 Å². The minimum Gasteiger partial charge on any atom is -0.497 e. The third-order valence-electron chi connectivity index (χ3n) is 4.78. The van der Waals surface area contributed by atoms with Crippen LogP contribution in [-0.4, -0.2) is 63.7 Å². The van der Waals surface area contributed by atoms with Gasteiger partial charge in [-0.05, 0) is 37.9 Å². The molecule has 0 aromatic heterocycles. The molecule has 2 N–H and O–H groups in total. The van der Waals surface area contributed by atoms with Crippen LogP contribution in [0.2, 0.25) is 0 Å². The molecule has 7 nitrogen and oxygen atoms in total. The van der Waals surface area contributed by atoms with Crippen molar-refractivity contribution in [3.63, 3.8) is 0 Å². The number of halogens is 1. The minimum atomic E-state index is -0.0603. The van der Waals surface area contributed by atoms with E-state index in [0.29, 0.717) is 49.5 Å². The molecule has 1 aromatic rings. The zero-order valence-corrected chi connectivity index (χ0v) is 17.8. The normalized spacial score (nSPS) is 14.2. The van der Waals surface area contributed by atoms with Crippen molar-refractivity contribution in [2.75, 3.05) is 46.9 Å². The quantitative estimate of drug-likeness (QED) is 0.606. The van der Waals surface area contributed by atoms with Gasteiger partial charge in [-0.15, -0.1) is 12.4 Å².